The highest BCUT2D eigenvalue weighted by Gasteiger charge is 2.54. The second kappa shape index (κ2) is 4.99. The highest BCUT2D eigenvalue weighted by atomic mass is 35.5. The molecule has 2 atom stereocenters. The average molecular weight is 308 g/mol. The Labute approximate surface area is 132 Å². The Hall–Kier alpha value is -0.540. The van der Waals surface area contributed by atoms with E-state index in [1.54, 1.807) is 0 Å². The van der Waals surface area contributed by atoms with Gasteiger partial charge in [-0.15, -0.1) is 0 Å². The van der Waals surface area contributed by atoms with Gasteiger partial charge in [-0.3, -0.25) is 4.68 Å². The molecule has 0 radical (unpaired) electrons. The summed E-state index contributed by atoms with van der Waals surface area (Å²) < 4.78 is 2.13. The lowest BCUT2D eigenvalue weighted by atomic mass is 9.78. The van der Waals surface area contributed by atoms with Gasteiger partial charge in [-0.05, 0) is 69.6 Å². The maximum absolute atomic E-state index is 6.55. The molecule has 3 aliphatic rings. The van der Waals surface area contributed by atoms with E-state index in [1.165, 1.54) is 44.3 Å². The topological polar surface area (TPSA) is 29.9 Å². The Morgan fingerprint density at radius 1 is 1.33 bits per heavy atom. The summed E-state index contributed by atoms with van der Waals surface area (Å²) in [6.45, 7) is 6.28. The van der Waals surface area contributed by atoms with Crippen molar-refractivity contribution >= 4 is 11.6 Å². The number of hydrogen-bond acceptors (Lipinski definition) is 2. The van der Waals surface area contributed by atoms with E-state index in [4.69, 9.17) is 11.6 Å². The standard InChI is InChI=1S/C17H26ClN3/c1-3-21-15(16(18)11(2)20-21)9-17(10-19-14-4-5-14)7-12-6-13(12)8-17/h12-14,19H,3-10H2,1-2H3. The molecule has 0 saturated heterocycles. The molecule has 3 saturated carbocycles. The van der Waals surface area contributed by atoms with Gasteiger partial charge in [0, 0.05) is 19.1 Å². The summed E-state index contributed by atoms with van der Waals surface area (Å²) in [6, 6.07) is 0.798. The molecule has 0 aliphatic heterocycles. The van der Waals surface area contributed by atoms with Crippen molar-refractivity contribution in [1.82, 2.24) is 15.1 Å². The number of aromatic nitrogens is 2. The Morgan fingerprint density at radius 3 is 2.67 bits per heavy atom. The first kappa shape index (κ1) is 14.1. The van der Waals surface area contributed by atoms with E-state index < -0.39 is 0 Å². The fourth-order valence-electron chi connectivity index (χ4n) is 4.40. The number of nitrogens with zero attached hydrogens (tertiary/aromatic N) is 2. The molecule has 4 heteroatoms. The predicted molar refractivity (Wildman–Crippen MR) is 85.6 cm³/mol. The maximum Gasteiger partial charge on any atom is 0.0847 e. The van der Waals surface area contributed by atoms with Gasteiger partial charge < -0.3 is 5.32 Å². The van der Waals surface area contributed by atoms with Crippen LogP contribution >= 0.6 is 11.6 Å². The second-order valence-corrected chi connectivity index (χ2v) is 8.04. The first-order chi connectivity index (χ1) is 10.1. The zero-order valence-electron chi connectivity index (χ0n) is 13.2. The molecule has 0 bridgehead atoms. The van der Waals surface area contributed by atoms with Crippen molar-refractivity contribution in [2.75, 3.05) is 6.54 Å². The van der Waals surface area contributed by atoms with Gasteiger partial charge >= 0.3 is 0 Å². The molecule has 2 unspecified atom stereocenters. The van der Waals surface area contributed by atoms with Crippen LogP contribution in [0.5, 0.6) is 0 Å². The van der Waals surface area contributed by atoms with Crippen molar-refractivity contribution < 1.29 is 0 Å². The third kappa shape index (κ3) is 2.63. The summed E-state index contributed by atoms with van der Waals surface area (Å²) in [5.41, 5.74) is 2.69. The van der Waals surface area contributed by atoms with Gasteiger partial charge in [0.05, 0.1) is 16.4 Å². The predicted octanol–water partition coefficient (Wildman–Crippen LogP) is 3.58. The Morgan fingerprint density at radius 2 is 2.05 bits per heavy atom. The molecule has 116 valence electrons. The molecule has 1 aromatic heterocycles. The van der Waals surface area contributed by atoms with E-state index in [-0.39, 0.29) is 0 Å². The third-order valence-electron chi connectivity index (χ3n) is 5.80. The van der Waals surface area contributed by atoms with Gasteiger partial charge in [-0.25, -0.2) is 0 Å². The van der Waals surface area contributed by atoms with Crippen molar-refractivity contribution in [2.24, 2.45) is 17.3 Å². The van der Waals surface area contributed by atoms with Gasteiger partial charge in [-0.2, -0.15) is 5.10 Å². The SMILES string of the molecule is CCn1nc(C)c(Cl)c1CC1(CNC2CC2)CC2CC2C1. The normalized spacial score (nSPS) is 34.2. The molecule has 1 heterocycles. The minimum atomic E-state index is 0.430. The zero-order chi connectivity index (χ0) is 14.6. The van der Waals surface area contributed by atoms with Gasteiger partial charge in [0.1, 0.15) is 0 Å². The van der Waals surface area contributed by atoms with Crippen molar-refractivity contribution in [2.45, 2.75) is 65.0 Å². The lowest BCUT2D eigenvalue weighted by molar-refractivity contribution is 0.241. The van der Waals surface area contributed by atoms with Crippen LogP contribution in [-0.4, -0.2) is 22.4 Å². The molecule has 21 heavy (non-hydrogen) atoms. The van der Waals surface area contributed by atoms with Crippen LogP contribution in [-0.2, 0) is 13.0 Å². The summed E-state index contributed by atoms with van der Waals surface area (Å²) in [4.78, 5) is 0. The van der Waals surface area contributed by atoms with E-state index in [0.29, 0.717) is 5.41 Å². The van der Waals surface area contributed by atoms with Crippen LogP contribution in [0.1, 0.15) is 50.4 Å². The molecule has 3 nitrogen and oxygen atoms in total. The molecule has 0 aromatic carbocycles. The second-order valence-electron chi connectivity index (χ2n) is 7.66. The largest absolute Gasteiger partial charge is 0.313 e. The lowest BCUT2D eigenvalue weighted by Crippen LogP contribution is -2.37. The zero-order valence-corrected chi connectivity index (χ0v) is 13.9. The lowest BCUT2D eigenvalue weighted by Gasteiger charge is -2.32. The van der Waals surface area contributed by atoms with Crippen molar-refractivity contribution in [3.63, 3.8) is 0 Å². The Kier molecular flexibility index (Phi) is 3.34. The Bertz CT molecular complexity index is 536. The molecule has 0 amide bonds. The van der Waals surface area contributed by atoms with Gasteiger partial charge in [-0.1, -0.05) is 11.6 Å². The fraction of sp³-hybridized carbons (Fsp3) is 0.824. The third-order valence-corrected chi connectivity index (χ3v) is 6.29. The molecule has 3 fully saturated rings. The summed E-state index contributed by atoms with van der Waals surface area (Å²) in [6.07, 6.45) is 8.10. The summed E-state index contributed by atoms with van der Waals surface area (Å²) >= 11 is 6.55. The van der Waals surface area contributed by atoms with Crippen molar-refractivity contribution in [3.8, 4) is 0 Å². The van der Waals surface area contributed by atoms with Crippen LogP contribution in [0.4, 0.5) is 0 Å². The van der Waals surface area contributed by atoms with E-state index >= 15 is 0 Å². The van der Waals surface area contributed by atoms with Crippen LogP contribution < -0.4 is 5.32 Å². The van der Waals surface area contributed by atoms with Gasteiger partial charge in [0.25, 0.3) is 0 Å². The van der Waals surface area contributed by atoms with Gasteiger partial charge in [0.15, 0.2) is 0 Å². The number of hydrogen-bond donors (Lipinski definition) is 1. The first-order valence-corrected chi connectivity index (χ1v) is 8.93. The monoisotopic (exact) mass is 307 g/mol. The number of aryl methyl sites for hydroxylation is 2. The van der Waals surface area contributed by atoms with Crippen LogP contribution in [0.15, 0.2) is 0 Å². The number of fused-ring (bicyclic) bond motifs is 1. The molecular weight excluding hydrogens is 282 g/mol. The fourth-order valence-corrected chi connectivity index (χ4v) is 4.60. The number of halogens is 1. The summed E-state index contributed by atoms with van der Waals surface area (Å²) in [5, 5.41) is 9.30. The first-order valence-electron chi connectivity index (χ1n) is 8.55. The van der Waals surface area contributed by atoms with Crippen LogP contribution in [0.2, 0.25) is 5.02 Å². The van der Waals surface area contributed by atoms with Crippen molar-refractivity contribution in [3.05, 3.63) is 16.4 Å². The van der Waals surface area contributed by atoms with E-state index in [1.807, 2.05) is 6.92 Å². The minimum absolute atomic E-state index is 0.430. The van der Waals surface area contributed by atoms with E-state index in [0.717, 1.165) is 41.6 Å². The van der Waals surface area contributed by atoms with Crippen LogP contribution in [0.25, 0.3) is 0 Å². The average Bonchev–Trinajstić information content (AvgIpc) is 3.38. The quantitative estimate of drug-likeness (QED) is 0.870. The van der Waals surface area contributed by atoms with E-state index in [2.05, 4.69) is 22.0 Å². The molecule has 0 spiro atoms. The number of nitrogens with one attached hydrogen (secondary N) is 1. The van der Waals surface area contributed by atoms with Crippen molar-refractivity contribution in [1.29, 1.82) is 0 Å². The minimum Gasteiger partial charge on any atom is -0.313 e. The highest BCUT2D eigenvalue weighted by molar-refractivity contribution is 6.31. The molecule has 1 aromatic rings. The smallest absolute Gasteiger partial charge is 0.0847 e. The summed E-state index contributed by atoms with van der Waals surface area (Å²) in [5.74, 6) is 2.01. The molecule has 3 aliphatic carbocycles. The van der Waals surface area contributed by atoms with E-state index in [9.17, 15) is 0 Å². The molecular formula is C17H26ClN3. The van der Waals surface area contributed by atoms with Crippen LogP contribution in [0.3, 0.4) is 0 Å². The molecule has 1 N–H and O–H groups in total. The Balaban J connectivity index is 1.56. The maximum atomic E-state index is 6.55. The highest BCUT2D eigenvalue weighted by Crippen LogP contribution is 2.61. The number of rotatable bonds is 6. The van der Waals surface area contributed by atoms with Gasteiger partial charge in [0.2, 0.25) is 0 Å². The molecule has 4 rings (SSSR count). The summed E-state index contributed by atoms with van der Waals surface area (Å²) in [7, 11) is 0. The van der Waals surface area contributed by atoms with Crippen LogP contribution in [0, 0.1) is 24.2 Å².